The van der Waals surface area contributed by atoms with Crippen molar-refractivity contribution < 1.29 is 28.3 Å². The van der Waals surface area contributed by atoms with Crippen LogP contribution in [0.15, 0.2) is 41.3 Å². The van der Waals surface area contributed by atoms with Gasteiger partial charge in [0.25, 0.3) is 11.5 Å². The van der Waals surface area contributed by atoms with Crippen LogP contribution in [0.25, 0.3) is 5.69 Å². The molecule has 1 aromatic carbocycles. The van der Waals surface area contributed by atoms with Crippen LogP contribution in [0.4, 0.5) is 9.80 Å². The molecule has 1 spiro atoms. The van der Waals surface area contributed by atoms with E-state index in [1.165, 1.54) is 16.6 Å². The number of fused-ring (bicyclic) bond motifs is 2. The molecule has 210 valence electrons. The molecule has 3 aliphatic rings. The van der Waals surface area contributed by atoms with Crippen LogP contribution in [0, 0.1) is 5.92 Å². The first-order chi connectivity index (χ1) is 18.4. The summed E-state index contributed by atoms with van der Waals surface area (Å²) in [6.45, 7) is 5.45. The standard InChI is InChI=1S/C28H36FN3O6Si/c1-17-25(39(4,5)29)23(15-24(34)31-12-6-8-19(31)16-33)38-28(17)20-14-18(10-11-21(20)30(2)27(28)36)32-13-7-9-22(37-3)26(32)35/h7,9-11,13-14,17,19,23,25,33H,6,8,12,15-16H2,1-5H3/t17-,19+,23+,25-,28+/m1/s1. The van der Waals surface area contributed by atoms with Crippen molar-refractivity contribution in [3.63, 3.8) is 0 Å². The maximum Gasteiger partial charge on any atom is 0.297 e. The number of likely N-dealkylation sites (tertiary alicyclic amines) is 1. The fourth-order valence-corrected chi connectivity index (χ4v) is 9.46. The minimum absolute atomic E-state index is 0.0605. The number of amides is 2. The van der Waals surface area contributed by atoms with E-state index in [4.69, 9.17) is 9.47 Å². The summed E-state index contributed by atoms with van der Waals surface area (Å²) in [6, 6.07) is 8.29. The zero-order valence-electron chi connectivity index (χ0n) is 23.0. The highest BCUT2D eigenvalue weighted by Gasteiger charge is 2.66. The molecule has 0 aliphatic carbocycles. The lowest BCUT2D eigenvalue weighted by Gasteiger charge is -2.31. The normalized spacial score (nSPS) is 28.4. The number of halogens is 1. The monoisotopic (exact) mass is 557 g/mol. The van der Waals surface area contributed by atoms with Gasteiger partial charge in [-0.15, -0.1) is 0 Å². The maximum absolute atomic E-state index is 16.0. The number of methoxy groups -OCH3 is 1. The van der Waals surface area contributed by atoms with Gasteiger partial charge in [0.15, 0.2) is 11.4 Å². The Morgan fingerprint density at radius 1 is 1.28 bits per heavy atom. The number of nitrogens with zero attached hydrogens (tertiary/aromatic N) is 3. The summed E-state index contributed by atoms with van der Waals surface area (Å²) >= 11 is 0. The minimum atomic E-state index is -3.43. The van der Waals surface area contributed by atoms with Crippen LogP contribution in [-0.2, 0) is 19.9 Å². The summed E-state index contributed by atoms with van der Waals surface area (Å²) in [7, 11) is -0.351. The van der Waals surface area contributed by atoms with Crippen molar-refractivity contribution in [2.75, 3.05) is 32.2 Å². The molecule has 1 aromatic heterocycles. The van der Waals surface area contributed by atoms with Gasteiger partial charge in [-0.1, -0.05) is 6.92 Å². The number of likely N-dealkylation sites (N-methyl/N-ethyl adjacent to an activating group) is 1. The van der Waals surface area contributed by atoms with Crippen molar-refractivity contribution in [2.24, 2.45) is 5.92 Å². The van der Waals surface area contributed by atoms with Gasteiger partial charge in [-0.25, -0.2) is 0 Å². The summed E-state index contributed by atoms with van der Waals surface area (Å²) in [4.78, 5) is 43.5. The van der Waals surface area contributed by atoms with Crippen LogP contribution in [0.2, 0.25) is 18.6 Å². The molecule has 11 heteroatoms. The average Bonchev–Trinajstić information content (AvgIpc) is 3.55. The van der Waals surface area contributed by atoms with Crippen molar-refractivity contribution in [1.82, 2.24) is 9.47 Å². The lowest BCUT2D eigenvalue weighted by Crippen LogP contribution is -2.44. The molecule has 5 atom stereocenters. The lowest BCUT2D eigenvalue weighted by molar-refractivity contribution is -0.149. The van der Waals surface area contributed by atoms with Gasteiger partial charge < -0.3 is 28.5 Å². The summed E-state index contributed by atoms with van der Waals surface area (Å²) in [5.41, 5.74) is -0.766. The van der Waals surface area contributed by atoms with Gasteiger partial charge >= 0.3 is 0 Å². The highest BCUT2D eigenvalue weighted by Crippen LogP contribution is 2.60. The Labute approximate surface area is 228 Å². The summed E-state index contributed by atoms with van der Waals surface area (Å²) in [6.07, 6.45) is 2.29. The number of anilines is 1. The van der Waals surface area contributed by atoms with Gasteiger partial charge in [-0.05, 0) is 56.3 Å². The third kappa shape index (κ3) is 4.22. The van der Waals surface area contributed by atoms with Crippen LogP contribution in [-0.4, -0.2) is 74.3 Å². The number of aliphatic hydroxyl groups excluding tert-OH is 1. The summed E-state index contributed by atoms with van der Waals surface area (Å²) in [5.74, 6) is -0.881. The van der Waals surface area contributed by atoms with E-state index in [0.29, 0.717) is 23.5 Å². The van der Waals surface area contributed by atoms with E-state index in [-0.39, 0.29) is 42.2 Å². The molecule has 2 fully saturated rings. The molecule has 2 saturated heterocycles. The Kier molecular flexibility index (Phi) is 6.97. The van der Waals surface area contributed by atoms with E-state index in [9.17, 15) is 19.5 Å². The van der Waals surface area contributed by atoms with E-state index in [1.807, 2.05) is 6.92 Å². The number of rotatable bonds is 6. The highest BCUT2D eigenvalue weighted by atomic mass is 28.4. The second-order valence-electron chi connectivity index (χ2n) is 11.4. The van der Waals surface area contributed by atoms with Crippen molar-refractivity contribution in [3.05, 3.63) is 52.4 Å². The van der Waals surface area contributed by atoms with E-state index in [2.05, 4.69) is 0 Å². The van der Waals surface area contributed by atoms with Crippen LogP contribution in [0.3, 0.4) is 0 Å². The Balaban J connectivity index is 1.59. The number of hydrogen-bond acceptors (Lipinski definition) is 6. The second-order valence-corrected chi connectivity index (χ2v) is 15.2. The zero-order valence-corrected chi connectivity index (χ0v) is 24.0. The first-order valence-electron chi connectivity index (χ1n) is 13.4. The lowest BCUT2D eigenvalue weighted by atomic mass is 9.82. The quantitative estimate of drug-likeness (QED) is 0.433. The van der Waals surface area contributed by atoms with E-state index >= 15 is 4.11 Å². The van der Waals surface area contributed by atoms with Crippen LogP contribution >= 0.6 is 0 Å². The molecule has 3 aliphatic heterocycles. The predicted molar refractivity (Wildman–Crippen MR) is 146 cm³/mol. The van der Waals surface area contributed by atoms with Gasteiger partial charge in [0.2, 0.25) is 14.3 Å². The molecule has 1 N–H and O–H groups in total. The fourth-order valence-electron chi connectivity index (χ4n) is 6.97. The van der Waals surface area contributed by atoms with Crippen molar-refractivity contribution in [2.45, 2.75) is 62.6 Å². The predicted octanol–water partition coefficient (Wildman–Crippen LogP) is 2.97. The summed E-state index contributed by atoms with van der Waals surface area (Å²) < 4.78 is 29.2. The first kappa shape index (κ1) is 27.5. The van der Waals surface area contributed by atoms with Gasteiger partial charge in [0, 0.05) is 42.5 Å². The van der Waals surface area contributed by atoms with E-state index in [0.717, 1.165) is 12.8 Å². The van der Waals surface area contributed by atoms with Gasteiger partial charge in [-0.3, -0.25) is 19.0 Å². The number of aromatic nitrogens is 1. The number of benzene rings is 1. The maximum atomic E-state index is 16.0. The molecular weight excluding hydrogens is 521 g/mol. The molecule has 9 nitrogen and oxygen atoms in total. The highest BCUT2D eigenvalue weighted by molar-refractivity contribution is 6.72. The van der Waals surface area contributed by atoms with Crippen molar-refractivity contribution in [1.29, 1.82) is 0 Å². The number of carbonyl (C=O) groups is 2. The number of aliphatic hydroxyl groups is 1. The van der Waals surface area contributed by atoms with E-state index in [1.54, 1.807) is 61.6 Å². The van der Waals surface area contributed by atoms with Gasteiger partial charge in [-0.2, -0.15) is 0 Å². The molecule has 2 aromatic rings. The summed E-state index contributed by atoms with van der Waals surface area (Å²) in [5, 5.41) is 9.72. The fraction of sp³-hybridized carbons (Fsp3) is 0.536. The Morgan fingerprint density at radius 3 is 2.69 bits per heavy atom. The molecule has 0 radical (unpaired) electrons. The number of pyridine rings is 1. The average molecular weight is 558 g/mol. The third-order valence-electron chi connectivity index (χ3n) is 8.77. The smallest absolute Gasteiger partial charge is 0.297 e. The molecule has 4 heterocycles. The zero-order chi connectivity index (χ0) is 28.3. The molecular formula is C28H36FN3O6Si. The van der Waals surface area contributed by atoms with Crippen LogP contribution < -0.4 is 15.2 Å². The Morgan fingerprint density at radius 2 is 2.03 bits per heavy atom. The van der Waals surface area contributed by atoms with Gasteiger partial charge in [0.05, 0.1) is 38.0 Å². The molecule has 0 unspecified atom stereocenters. The minimum Gasteiger partial charge on any atom is -0.491 e. The van der Waals surface area contributed by atoms with Crippen molar-refractivity contribution >= 4 is 25.9 Å². The molecule has 5 rings (SSSR count). The SMILES string of the molecule is COc1cccn(-c2ccc3c(c2)[C@]2(O[C@@H](CC(=O)N4CCC[C@H]4CO)[C@H]([Si](C)(C)F)[C@H]2C)C(=O)N3C)c1=O. The number of ether oxygens (including phenoxy) is 2. The topological polar surface area (TPSA) is 101 Å². The largest absolute Gasteiger partial charge is 0.491 e. The molecule has 2 amide bonds. The molecule has 0 bridgehead atoms. The third-order valence-corrected chi connectivity index (χ3v) is 11.2. The second kappa shape index (κ2) is 9.87. The van der Waals surface area contributed by atoms with Crippen molar-refractivity contribution in [3.8, 4) is 11.4 Å². The molecule has 0 saturated carbocycles. The van der Waals surface area contributed by atoms with E-state index < -0.39 is 31.6 Å². The number of hydrogen-bond donors (Lipinski definition) is 1. The Hall–Kier alpha value is -3.02. The first-order valence-corrected chi connectivity index (χ1v) is 16.4. The van der Waals surface area contributed by atoms with Crippen LogP contribution in [0.5, 0.6) is 5.75 Å². The number of carbonyl (C=O) groups excluding carboxylic acids is 2. The van der Waals surface area contributed by atoms with Crippen LogP contribution in [0.1, 0.15) is 31.7 Å². The Bertz CT molecular complexity index is 1360. The van der Waals surface area contributed by atoms with Gasteiger partial charge in [0.1, 0.15) is 0 Å². The molecule has 39 heavy (non-hydrogen) atoms.